The maximum Gasteiger partial charge on any atom is 0.144 e. The first-order chi connectivity index (χ1) is 6.91. The molecule has 4 heteroatoms. The molecule has 0 aliphatic heterocycles. The largest absolute Gasteiger partial charge is 0.591 e. The van der Waals surface area contributed by atoms with Gasteiger partial charge in [0.1, 0.15) is 16.1 Å². The molecule has 1 rings (SSSR count). The van der Waals surface area contributed by atoms with Gasteiger partial charge in [0.2, 0.25) is 0 Å². The first-order valence-electron chi connectivity index (χ1n) is 4.62. The second-order valence-electron chi connectivity index (χ2n) is 4.12. The van der Waals surface area contributed by atoms with Crippen LogP contribution in [0.2, 0.25) is 0 Å². The highest BCUT2D eigenvalue weighted by atomic mass is 79.9. The van der Waals surface area contributed by atoms with Gasteiger partial charge >= 0.3 is 0 Å². The molecule has 15 heavy (non-hydrogen) atoms. The first kappa shape index (κ1) is 12.7. The molecule has 1 atom stereocenters. The van der Waals surface area contributed by atoms with Crippen molar-refractivity contribution in [1.29, 1.82) is 0 Å². The Kier molecular flexibility index (Phi) is 4.37. The summed E-state index contributed by atoms with van der Waals surface area (Å²) < 4.78 is 16.3. The molecule has 0 N–H and O–H groups in total. The average molecular weight is 288 g/mol. The molecule has 0 saturated heterocycles. The van der Waals surface area contributed by atoms with E-state index in [0.717, 1.165) is 10.0 Å². The van der Waals surface area contributed by atoms with E-state index in [2.05, 4.69) is 20.3 Å². The minimum absolute atomic E-state index is 0.308. The van der Waals surface area contributed by atoms with Crippen LogP contribution < -0.4 is 0 Å². The fourth-order valence-electron chi connectivity index (χ4n) is 0.843. The van der Waals surface area contributed by atoms with Crippen LogP contribution in [0.4, 0.5) is 0 Å². The van der Waals surface area contributed by atoms with Crippen LogP contribution in [0, 0.1) is 0 Å². The second-order valence-corrected chi connectivity index (χ2v) is 6.91. The lowest BCUT2D eigenvalue weighted by Gasteiger charge is -2.17. The molecule has 1 aromatic carbocycles. The summed E-state index contributed by atoms with van der Waals surface area (Å²) in [7, 11) is 0. The van der Waals surface area contributed by atoms with Gasteiger partial charge in [0, 0.05) is 10.0 Å². The van der Waals surface area contributed by atoms with Crippen LogP contribution in [0.5, 0.6) is 0 Å². The molecule has 0 bridgehead atoms. The molecule has 0 heterocycles. The van der Waals surface area contributed by atoms with Gasteiger partial charge in [-0.15, -0.1) is 0 Å². The van der Waals surface area contributed by atoms with Gasteiger partial charge in [-0.3, -0.25) is 0 Å². The number of hydrogen-bond acceptors (Lipinski definition) is 2. The van der Waals surface area contributed by atoms with Crippen LogP contribution in [-0.2, 0) is 11.4 Å². The van der Waals surface area contributed by atoms with Crippen molar-refractivity contribution in [3.63, 3.8) is 0 Å². The molecule has 0 saturated carbocycles. The van der Waals surface area contributed by atoms with E-state index >= 15 is 0 Å². The van der Waals surface area contributed by atoms with E-state index < -0.39 is 11.4 Å². The van der Waals surface area contributed by atoms with Gasteiger partial charge in [0.05, 0.1) is 6.21 Å². The molecule has 0 amide bonds. The standard InChI is InChI=1S/C11H14BrNOS/c1-11(2,3)15(14)13-8-9-6-4-5-7-10(9)12/h4-8H,1-3H3/t15-/m1/s1. The highest BCUT2D eigenvalue weighted by molar-refractivity contribution is 9.10. The third-order valence-electron chi connectivity index (χ3n) is 1.72. The lowest BCUT2D eigenvalue weighted by atomic mass is 10.2. The van der Waals surface area contributed by atoms with Crippen molar-refractivity contribution in [2.75, 3.05) is 0 Å². The topological polar surface area (TPSA) is 35.4 Å². The predicted octanol–water partition coefficient (Wildman–Crippen LogP) is 3.33. The van der Waals surface area contributed by atoms with Crippen molar-refractivity contribution >= 4 is 33.5 Å². The molecule has 0 aromatic heterocycles. The van der Waals surface area contributed by atoms with Gasteiger partial charge in [-0.1, -0.05) is 38.5 Å². The van der Waals surface area contributed by atoms with E-state index in [1.165, 1.54) is 0 Å². The zero-order chi connectivity index (χ0) is 11.5. The van der Waals surface area contributed by atoms with E-state index in [1.807, 2.05) is 45.0 Å². The number of nitrogens with zero attached hydrogens (tertiary/aromatic N) is 1. The van der Waals surface area contributed by atoms with Gasteiger partial charge in [-0.2, -0.15) is 0 Å². The Labute approximate surface area is 102 Å². The smallest absolute Gasteiger partial charge is 0.144 e. The summed E-state index contributed by atoms with van der Waals surface area (Å²) in [6.45, 7) is 5.71. The van der Waals surface area contributed by atoms with Crippen LogP contribution in [0.15, 0.2) is 33.1 Å². The van der Waals surface area contributed by atoms with Crippen LogP contribution in [0.1, 0.15) is 26.3 Å². The third-order valence-corrected chi connectivity index (χ3v) is 3.78. The first-order valence-corrected chi connectivity index (χ1v) is 6.52. The van der Waals surface area contributed by atoms with Crippen LogP contribution in [-0.4, -0.2) is 15.5 Å². The Hall–Kier alpha value is -0.320. The molecule has 0 fully saturated rings. The van der Waals surface area contributed by atoms with Crippen LogP contribution in [0.3, 0.4) is 0 Å². The monoisotopic (exact) mass is 287 g/mol. The van der Waals surface area contributed by atoms with Gasteiger partial charge in [0.15, 0.2) is 0 Å². The molecule has 1 aromatic rings. The second kappa shape index (κ2) is 5.14. The zero-order valence-electron chi connectivity index (χ0n) is 9.03. The highest BCUT2D eigenvalue weighted by Crippen LogP contribution is 2.18. The number of hydrogen-bond donors (Lipinski definition) is 0. The van der Waals surface area contributed by atoms with Crippen molar-refractivity contribution in [3.8, 4) is 0 Å². The number of halogens is 1. The van der Waals surface area contributed by atoms with Crippen LogP contribution in [0.25, 0.3) is 0 Å². The SMILES string of the molecule is CC(C)(C)[S@@+]([O-])N=Cc1ccccc1Br. The van der Waals surface area contributed by atoms with Gasteiger partial charge in [-0.25, -0.2) is 0 Å². The molecule has 0 unspecified atom stereocenters. The fraction of sp³-hybridized carbons (Fsp3) is 0.364. The molecule has 82 valence electrons. The van der Waals surface area contributed by atoms with Crippen molar-refractivity contribution < 1.29 is 4.55 Å². The normalized spacial score (nSPS) is 14.5. The van der Waals surface area contributed by atoms with E-state index in [-0.39, 0.29) is 4.75 Å². The van der Waals surface area contributed by atoms with Gasteiger partial charge in [-0.05, 0) is 26.8 Å². The fourth-order valence-corrected chi connectivity index (χ4v) is 1.76. The van der Waals surface area contributed by atoms with Gasteiger partial charge in [0.25, 0.3) is 0 Å². The Morgan fingerprint density at radius 2 is 1.93 bits per heavy atom. The minimum Gasteiger partial charge on any atom is -0.591 e. The lowest BCUT2D eigenvalue weighted by molar-refractivity contribution is 0.562. The zero-order valence-corrected chi connectivity index (χ0v) is 11.4. The summed E-state index contributed by atoms with van der Waals surface area (Å²) in [5.74, 6) is 0. The number of benzene rings is 1. The lowest BCUT2D eigenvalue weighted by Crippen LogP contribution is -2.25. The molecule has 0 aliphatic rings. The average Bonchev–Trinajstić information content (AvgIpc) is 2.14. The Balaban J connectivity index is 2.79. The molecule has 0 spiro atoms. The number of rotatable bonds is 2. The van der Waals surface area contributed by atoms with E-state index in [1.54, 1.807) is 6.21 Å². The van der Waals surface area contributed by atoms with Crippen LogP contribution >= 0.6 is 15.9 Å². The summed E-state index contributed by atoms with van der Waals surface area (Å²) in [6, 6.07) is 7.71. The van der Waals surface area contributed by atoms with E-state index in [9.17, 15) is 4.55 Å². The molecule has 0 radical (unpaired) electrons. The molecular formula is C11H14BrNOS. The minimum atomic E-state index is -1.20. The molecular weight excluding hydrogens is 274 g/mol. The Morgan fingerprint density at radius 1 is 1.33 bits per heavy atom. The predicted molar refractivity (Wildman–Crippen MR) is 69.6 cm³/mol. The van der Waals surface area contributed by atoms with Gasteiger partial charge < -0.3 is 4.55 Å². The Bertz CT molecular complexity index is 360. The summed E-state index contributed by atoms with van der Waals surface area (Å²) >= 11 is 2.21. The summed E-state index contributed by atoms with van der Waals surface area (Å²) in [5.41, 5.74) is 0.940. The molecule has 0 aliphatic carbocycles. The summed E-state index contributed by atoms with van der Waals surface area (Å²) in [4.78, 5) is 0. The van der Waals surface area contributed by atoms with Crippen molar-refractivity contribution in [2.45, 2.75) is 25.5 Å². The third kappa shape index (κ3) is 3.97. The van der Waals surface area contributed by atoms with E-state index in [0.29, 0.717) is 0 Å². The van der Waals surface area contributed by atoms with Crippen molar-refractivity contribution in [1.82, 2.24) is 0 Å². The van der Waals surface area contributed by atoms with Crippen molar-refractivity contribution in [2.24, 2.45) is 4.40 Å². The quantitative estimate of drug-likeness (QED) is 0.607. The summed E-state index contributed by atoms with van der Waals surface area (Å²) in [5, 5.41) is 0. The maximum atomic E-state index is 11.6. The highest BCUT2D eigenvalue weighted by Gasteiger charge is 2.25. The molecule has 2 nitrogen and oxygen atoms in total. The maximum absolute atomic E-state index is 11.6. The van der Waals surface area contributed by atoms with E-state index in [4.69, 9.17) is 0 Å². The Morgan fingerprint density at radius 3 is 2.47 bits per heavy atom. The summed E-state index contributed by atoms with van der Waals surface area (Å²) in [6.07, 6.45) is 1.64. The van der Waals surface area contributed by atoms with Crippen molar-refractivity contribution in [3.05, 3.63) is 34.3 Å².